The molecule has 1 saturated heterocycles. The normalized spacial score (nSPS) is 19.6. The Morgan fingerprint density at radius 2 is 1.77 bits per heavy atom. The van der Waals surface area contributed by atoms with Crippen molar-refractivity contribution < 1.29 is 9.31 Å². The van der Waals surface area contributed by atoms with E-state index in [1.165, 1.54) is 0 Å². The van der Waals surface area contributed by atoms with E-state index in [2.05, 4.69) is 10.1 Å². The van der Waals surface area contributed by atoms with E-state index < -0.39 is 7.12 Å². The molecule has 1 fully saturated rings. The van der Waals surface area contributed by atoms with Crippen LogP contribution in [0.2, 0.25) is 0 Å². The van der Waals surface area contributed by atoms with E-state index in [0.717, 1.165) is 11.2 Å². The highest BCUT2D eigenvalue weighted by Gasteiger charge is 2.52. The lowest BCUT2D eigenvalue weighted by atomic mass is 9.79. The monoisotopic (exact) mass is 300 g/mol. The molecule has 2 aromatic rings. The van der Waals surface area contributed by atoms with Crippen LogP contribution in [0.3, 0.4) is 0 Å². The molecule has 116 valence electrons. The molecular weight excluding hydrogens is 279 g/mol. The van der Waals surface area contributed by atoms with Crippen molar-refractivity contribution >= 4 is 18.4 Å². The summed E-state index contributed by atoms with van der Waals surface area (Å²) in [7, 11) is -0.431. The van der Waals surface area contributed by atoms with Crippen molar-refractivity contribution in [1.29, 1.82) is 0 Å². The largest absolute Gasteiger partial charge is 0.498 e. The maximum Gasteiger partial charge on any atom is 0.498 e. The molecule has 0 spiro atoms. The molecule has 0 atom stereocenters. The third-order valence-electron chi connectivity index (χ3n) is 4.43. The van der Waals surface area contributed by atoms with Crippen LogP contribution in [-0.2, 0) is 9.31 Å². The topological polar surface area (TPSA) is 75.2 Å². The van der Waals surface area contributed by atoms with Crippen molar-refractivity contribution in [3.8, 4) is 5.82 Å². The van der Waals surface area contributed by atoms with Crippen LogP contribution >= 0.6 is 0 Å². The van der Waals surface area contributed by atoms with Crippen molar-refractivity contribution in [2.24, 2.45) is 0 Å². The lowest BCUT2D eigenvalue weighted by molar-refractivity contribution is 0.00578. The summed E-state index contributed by atoms with van der Waals surface area (Å²) in [4.78, 5) is 4.28. The molecule has 0 saturated carbocycles. The molecule has 0 unspecified atom stereocenters. The van der Waals surface area contributed by atoms with Gasteiger partial charge in [-0.15, -0.1) is 0 Å². The first-order valence-corrected chi connectivity index (χ1v) is 7.34. The Labute approximate surface area is 130 Å². The van der Waals surface area contributed by atoms with E-state index in [0.29, 0.717) is 11.6 Å². The molecule has 7 heteroatoms. The van der Waals surface area contributed by atoms with Gasteiger partial charge in [0.05, 0.1) is 16.9 Å². The van der Waals surface area contributed by atoms with E-state index in [1.54, 1.807) is 10.7 Å². The zero-order valence-corrected chi connectivity index (χ0v) is 13.6. The first-order valence-electron chi connectivity index (χ1n) is 7.34. The van der Waals surface area contributed by atoms with Crippen LogP contribution in [-0.4, -0.2) is 33.1 Å². The first-order chi connectivity index (χ1) is 10.2. The SMILES string of the molecule is Cc1nn(-c2cccc(N)n2)cc1B1OC(C)(C)C(C)(C)O1. The summed E-state index contributed by atoms with van der Waals surface area (Å²) in [5, 5.41) is 4.50. The fourth-order valence-corrected chi connectivity index (χ4v) is 2.36. The molecule has 0 bridgehead atoms. The molecule has 1 aliphatic rings. The molecule has 0 aromatic carbocycles. The van der Waals surface area contributed by atoms with Gasteiger partial charge in [0, 0.05) is 11.7 Å². The lowest BCUT2D eigenvalue weighted by Crippen LogP contribution is -2.41. The van der Waals surface area contributed by atoms with Gasteiger partial charge in [0.2, 0.25) is 0 Å². The average molecular weight is 300 g/mol. The number of nitrogens with zero attached hydrogens (tertiary/aromatic N) is 3. The number of hydrogen-bond acceptors (Lipinski definition) is 5. The molecule has 0 radical (unpaired) electrons. The van der Waals surface area contributed by atoms with Crippen molar-refractivity contribution in [3.05, 3.63) is 30.1 Å². The summed E-state index contributed by atoms with van der Waals surface area (Å²) >= 11 is 0. The van der Waals surface area contributed by atoms with Gasteiger partial charge in [-0.05, 0) is 46.8 Å². The van der Waals surface area contributed by atoms with Gasteiger partial charge in [0.1, 0.15) is 5.82 Å². The number of aryl methyl sites for hydroxylation is 1. The number of nitrogen functional groups attached to an aromatic ring is 1. The van der Waals surface area contributed by atoms with Gasteiger partial charge in [-0.1, -0.05) is 6.07 Å². The van der Waals surface area contributed by atoms with Gasteiger partial charge in [0.25, 0.3) is 0 Å². The van der Waals surface area contributed by atoms with Crippen LogP contribution in [0.5, 0.6) is 0 Å². The highest BCUT2D eigenvalue weighted by molar-refractivity contribution is 6.62. The summed E-state index contributed by atoms with van der Waals surface area (Å²) in [5.74, 6) is 1.13. The predicted octanol–water partition coefficient (Wildman–Crippen LogP) is 1.46. The molecule has 0 aliphatic carbocycles. The fraction of sp³-hybridized carbons (Fsp3) is 0.467. The van der Waals surface area contributed by atoms with Crippen molar-refractivity contribution in [1.82, 2.24) is 14.8 Å². The Morgan fingerprint density at radius 1 is 1.14 bits per heavy atom. The summed E-state index contributed by atoms with van der Waals surface area (Å²) in [6.45, 7) is 10.1. The third kappa shape index (κ3) is 2.40. The van der Waals surface area contributed by atoms with E-state index in [-0.39, 0.29) is 11.2 Å². The minimum absolute atomic E-state index is 0.373. The minimum atomic E-state index is -0.431. The zero-order valence-electron chi connectivity index (χ0n) is 13.6. The van der Waals surface area contributed by atoms with Gasteiger partial charge in [0.15, 0.2) is 5.82 Å². The molecule has 0 amide bonds. The maximum atomic E-state index is 6.08. The van der Waals surface area contributed by atoms with E-state index in [4.69, 9.17) is 15.0 Å². The summed E-state index contributed by atoms with van der Waals surface area (Å²) in [5.41, 5.74) is 6.74. The van der Waals surface area contributed by atoms with Crippen LogP contribution in [0.1, 0.15) is 33.4 Å². The van der Waals surface area contributed by atoms with Crippen LogP contribution in [0.25, 0.3) is 5.82 Å². The lowest BCUT2D eigenvalue weighted by Gasteiger charge is -2.32. The van der Waals surface area contributed by atoms with Gasteiger partial charge >= 0.3 is 7.12 Å². The van der Waals surface area contributed by atoms with Crippen molar-refractivity contribution in [2.75, 3.05) is 5.73 Å². The standard InChI is InChI=1S/C15H21BN4O2/c1-10-11(16-21-14(2,3)15(4,5)22-16)9-20(19-10)13-8-6-7-12(17)18-13/h6-9H,1-5H3,(H2,17,18). The second kappa shape index (κ2) is 4.82. The molecule has 3 rings (SSSR count). The minimum Gasteiger partial charge on any atom is -0.399 e. The van der Waals surface area contributed by atoms with Gasteiger partial charge < -0.3 is 15.0 Å². The Hall–Kier alpha value is -1.86. The van der Waals surface area contributed by atoms with Gasteiger partial charge in [-0.25, -0.2) is 9.67 Å². The van der Waals surface area contributed by atoms with E-state index >= 15 is 0 Å². The van der Waals surface area contributed by atoms with Crippen LogP contribution in [0.4, 0.5) is 5.82 Å². The quantitative estimate of drug-likeness (QED) is 0.850. The molecule has 2 N–H and O–H groups in total. The molecule has 1 aliphatic heterocycles. The van der Waals surface area contributed by atoms with Crippen molar-refractivity contribution in [2.45, 2.75) is 45.8 Å². The third-order valence-corrected chi connectivity index (χ3v) is 4.43. The molecule has 22 heavy (non-hydrogen) atoms. The molecule has 3 heterocycles. The summed E-state index contributed by atoms with van der Waals surface area (Å²) in [6, 6.07) is 5.45. The van der Waals surface area contributed by atoms with Crippen LogP contribution in [0, 0.1) is 6.92 Å². The summed E-state index contributed by atoms with van der Waals surface area (Å²) < 4.78 is 13.9. The number of aromatic nitrogens is 3. The second-order valence-corrected chi connectivity index (χ2v) is 6.62. The molecular formula is C15H21BN4O2. The van der Waals surface area contributed by atoms with Crippen LogP contribution < -0.4 is 11.2 Å². The van der Waals surface area contributed by atoms with Crippen LogP contribution in [0.15, 0.2) is 24.4 Å². The highest BCUT2D eigenvalue weighted by atomic mass is 16.7. The number of pyridine rings is 1. The Kier molecular flexibility index (Phi) is 3.30. The summed E-state index contributed by atoms with van der Waals surface area (Å²) in [6.07, 6.45) is 1.89. The second-order valence-electron chi connectivity index (χ2n) is 6.62. The Bertz CT molecular complexity index is 695. The van der Waals surface area contributed by atoms with E-state index in [1.807, 2.05) is 52.9 Å². The smallest absolute Gasteiger partial charge is 0.399 e. The first kappa shape index (κ1) is 15.1. The highest BCUT2D eigenvalue weighted by Crippen LogP contribution is 2.36. The Morgan fingerprint density at radius 3 is 2.36 bits per heavy atom. The van der Waals surface area contributed by atoms with E-state index in [9.17, 15) is 0 Å². The average Bonchev–Trinajstić information content (AvgIpc) is 2.88. The molecule has 6 nitrogen and oxygen atoms in total. The number of anilines is 1. The zero-order chi connectivity index (χ0) is 16.1. The fourth-order valence-electron chi connectivity index (χ4n) is 2.36. The molecule has 2 aromatic heterocycles. The van der Waals surface area contributed by atoms with Gasteiger partial charge in [-0.3, -0.25) is 0 Å². The number of rotatable bonds is 2. The van der Waals surface area contributed by atoms with Crippen molar-refractivity contribution in [3.63, 3.8) is 0 Å². The maximum absolute atomic E-state index is 6.08. The Balaban J connectivity index is 1.94. The number of hydrogen-bond donors (Lipinski definition) is 1. The predicted molar refractivity (Wildman–Crippen MR) is 86.2 cm³/mol. The number of nitrogens with two attached hydrogens (primary N) is 1. The van der Waals surface area contributed by atoms with Gasteiger partial charge in [-0.2, -0.15) is 5.10 Å².